The number of hydrogen-bond donors (Lipinski definition) is 1. The molecule has 2 rings (SSSR count). The van der Waals surface area contributed by atoms with E-state index in [1.165, 1.54) is 0 Å². The Labute approximate surface area is 126 Å². The van der Waals surface area contributed by atoms with Crippen LogP contribution in [0.3, 0.4) is 0 Å². The van der Waals surface area contributed by atoms with Crippen molar-refractivity contribution in [2.75, 3.05) is 13.2 Å². The molecular weight excluding hydrogens is 326 g/mol. The Kier molecular flexibility index (Phi) is 5.30. The first-order chi connectivity index (χ1) is 9.11. The zero-order chi connectivity index (χ0) is 13.8. The standard InChI is InChI=1S/C14H18BrNO2S/c1-10(19-13-6-2-11(15)3-7-13)14(18)16(8-9-17)12-4-5-12/h2-3,6-7,10,12,17H,4-5,8-9H2,1H3. The van der Waals surface area contributed by atoms with Gasteiger partial charge in [-0.15, -0.1) is 11.8 Å². The highest BCUT2D eigenvalue weighted by Gasteiger charge is 2.34. The van der Waals surface area contributed by atoms with Gasteiger partial charge < -0.3 is 10.0 Å². The number of amides is 1. The Balaban J connectivity index is 1.95. The summed E-state index contributed by atoms with van der Waals surface area (Å²) in [5, 5.41) is 8.94. The van der Waals surface area contributed by atoms with Crippen LogP contribution < -0.4 is 0 Å². The first kappa shape index (κ1) is 14.9. The minimum atomic E-state index is -0.117. The highest BCUT2D eigenvalue weighted by Crippen LogP contribution is 2.31. The third-order valence-corrected chi connectivity index (χ3v) is 4.71. The molecule has 1 atom stereocenters. The van der Waals surface area contributed by atoms with Gasteiger partial charge in [0.15, 0.2) is 0 Å². The molecule has 5 heteroatoms. The quantitative estimate of drug-likeness (QED) is 0.807. The number of halogens is 1. The smallest absolute Gasteiger partial charge is 0.236 e. The fourth-order valence-electron chi connectivity index (χ4n) is 1.97. The maximum Gasteiger partial charge on any atom is 0.236 e. The topological polar surface area (TPSA) is 40.5 Å². The molecule has 1 aromatic carbocycles. The van der Waals surface area contributed by atoms with Crippen LogP contribution >= 0.6 is 27.7 Å². The van der Waals surface area contributed by atoms with Crippen molar-refractivity contribution in [3.8, 4) is 0 Å². The molecule has 0 aromatic heterocycles. The Morgan fingerprint density at radius 1 is 1.47 bits per heavy atom. The predicted octanol–water partition coefficient (Wildman–Crippen LogP) is 2.91. The molecule has 1 aromatic rings. The van der Waals surface area contributed by atoms with E-state index in [9.17, 15) is 4.79 Å². The second kappa shape index (κ2) is 6.77. The molecule has 19 heavy (non-hydrogen) atoms. The monoisotopic (exact) mass is 343 g/mol. The summed E-state index contributed by atoms with van der Waals surface area (Å²) in [5.41, 5.74) is 0. The van der Waals surface area contributed by atoms with Crippen molar-refractivity contribution in [1.29, 1.82) is 0 Å². The molecule has 104 valence electrons. The zero-order valence-corrected chi connectivity index (χ0v) is 13.3. The Morgan fingerprint density at radius 3 is 2.63 bits per heavy atom. The normalized spacial score (nSPS) is 16.2. The summed E-state index contributed by atoms with van der Waals surface area (Å²) >= 11 is 4.97. The SMILES string of the molecule is CC(Sc1ccc(Br)cc1)C(=O)N(CCO)C1CC1. The predicted molar refractivity (Wildman–Crippen MR) is 81.3 cm³/mol. The van der Waals surface area contributed by atoms with Gasteiger partial charge in [0.2, 0.25) is 5.91 Å². The van der Waals surface area contributed by atoms with E-state index >= 15 is 0 Å². The number of hydrogen-bond acceptors (Lipinski definition) is 3. The van der Waals surface area contributed by atoms with Crippen molar-refractivity contribution in [2.24, 2.45) is 0 Å². The average Bonchev–Trinajstić information content (AvgIpc) is 3.22. The maximum absolute atomic E-state index is 12.4. The molecule has 0 heterocycles. The fraction of sp³-hybridized carbons (Fsp3) is 0.500. The van der Waals surface area contributed by atoms with Gasteiger partial charge in [0.05, 0.1) is 11.9 Å². The van der Waals surface area contributed by atoms with E-state index in [0.29, 0.717) is 12.6 Å². The first-order valence-corrected chi connectivity index (χ1v) is 8.12. The lowest BCUT2D eigenvalue weighted by Crippen LogP contribution is -2.40. The number of thioether (sulfide) groups is 1. The van der Waals surface area contributed by atoms with Gasteiger partial charge in [-0.3, -0.25) is 4.79 Å². The molecule has 1 unspecified atom stereocenters. The van der Waals surface area contributed by atoms with Crippen LogP contribution in [0.4, 0.5) is 0 Å². The van der Waals surface area contributed by atoms with E-state index in [2.05, 4.69) is 15.9 Å². The van der Waals surface area contributed by atoms with Gasteiger partial charge in [0.25, 0.3) is 0 Å². The second-order valence-electron chi connectivity index (χ2n) is 4.70. The summed E-state index contributed by atoms with van der Waals surface area (Å²) in [7, 11) is 0. The first-order valence-electron chi connectivity index (χ1n) is 6.45. The van der Waals surface area contributed by atoms with Gasteiger partial charge in [-0.05, 0) is 44.0 Å². The lowest BCUT2D eigenvalue weighted by molar-refractivity contribution is -0.131. The van der Waals surface area contributed by atoms with Crippen LogP contribution in [0.25, 0.3) is 0 Å². The summed E-state index contributed by atoms with van der Waals surface area (Å²) in [4.78, 5) is 15.3. The van der Waals surface area contributed by atoms with Crippen molar-refractivity contribution in [3.05, 3.63) is 28.7 Å². The van der Waals surface area contributed by atoms with Crippen molar-refractivity contribution in [3.63, 3.8) is 0 Å². The molecule has 1 amide bonds. The van der Waals surface area contributed by atoms with E-state index in [1.807, 2.05) is 36.1 Å². The lowest BCUT2D eigenvalue weighted by Gasteiger charge is -2.24. The van der Waals surface area contributed by atoms with Crippen LogP contribution in [-0.4, -0.2) is 40.4 Å². The number of carbonyl (C=O) groups is 1. The fourth-order valence-corrected chi connectivity index (χ4v) is 3.17. The molecule has 1 fully saturated rings. The van der Waals surface area contributed by atoms with Crippen LogP contribution in [0, 0.1) is 0 Å². The molecule has 0 radical (unpaired) electrons. The second-order valence-corrected chi connectivity index (χ2v) is 7.03. The van der Waals surface area contributed by atoms with Gasteiger partial charge in [-0.2, -0.15) is 0 Å². The van der Waals surface area contributed by atoms with Crippen LogP contribution in [0.1, 0.15) is 19.8 Å². The number of aliphatic hydroxyl groups excluding tert-OH is 1. The largest absolute Gasteiger partial charge is 0.395 e. The number of rotatable bonds is 6. The van der Waals surface area contributed by atoms with E-state index in [-0.39, 0.29) is 17.8 Å². The van der Waals surface area contributed by atoms with Crippen LogP contribution in [0.5, 0.6) is 0 Å². The zero-order valence-electron chi connectivity index (χ0n) is 10.9. The van der Waals surface area contributed by atoms with Crippen molar-refractivity contribution in [1.82, 2.24) is 4.90 Å². The molecule has 3 nitrogen and oxygen atoms in total. The molecule has 1 saturated carbocycles. The molecular formula is C14H18BrNO2S. The molecule has 0 aliphatic heterocycles. The summed E-state index contributed by atoms with van der Waals surface area (Å²) in [6.07, 6.45) is 2.14. The Hall–Kier alpha value is -0.520. The van der Waals surface area contributed by atoms with Crippen LogP contribution in [0.2, 0.25) is 0 Å². The third-order valence-electron chi connectivity index (χ3n) is 3.09. The molecule has 0 saturated heterocycles. The summed E-state index contributed by atoms with van der Waals surface area (Å²) in [6.45, 7) is 2.43. The molecule has 0 spiro atoms. The molecule has 0 bridgehead atoms. The van der Waals surface area contributed by atoms with Gasteiger partial charge >= 0.3 is 0 Å². The highest BCUT2D eigenvalue weighted by atomic mass is 79.9. The van der Waals surface area contributed by atoms with Gasteiger partial charge in [-0.25, -0.2) is 0 Å². The minimum absolute atomic E-state index is 0.0396. The van der Waals surface area contributed by atoms with Crippen molar-refractivity contribution >= 4 is 33.6 Å². The highest BCUT2D eigenvalue weighted by molar-refractivity contribution is 9.10. The Bertz CT molecular complexity index is 434. The summed E-state index contributed by atoms with van der Waals surface area (Å²) < 4.78 is 1.04. The average molecular weight is 344 g/mol. The van der Waals surface area contributed by atoms with E-state index in [4.69, 9.17) is 5.11 Å². The molecule has 1 N–H and O–H groups in total. The Morgan fingerprint density at radius 2 is 2.11 bits per heavy atom. The number of benzene rings is 1. The number of carbonyl (C=O) groups excluding carboxylic acids is 1. The van der Waals surface area contributed by atoms with Crippen LogP contribution in [-0.2, 0) is 4.79 Å². The maximum atomic E-state index is 12.4. The minimum Gasteiger partial charge on any atom is -0.395 e. The van der Waals surface area contributed by atoms with Gasteiger partial charge in [0.1, 0.15) is 0 Å². The van der Waals surface area contributed by atoms with E-state index < -0.39 is 0 Å². The molecule has 1 aliphatic carbocycles. The lowest BCUT2D eigenvalue weighted by atomic mass is 10.3. The third kappa shape index (κ3) is 4.23. The molecule has 1 aliphatic rings. The van der Waals surface area contributed by atoms with E-state index in [0.717, 1.165) is 22.2 Å². The summed E-state index contributed by atoms with van der Waals surface area (Å²) in [5.74, 6) is 0.129. The van der Waals surface area contributed by atoms with Crippen molar-refractivity contribution in [2.45, 2.75) is 36.0 Å². The number of nitrogens with zero attached hydrogens (tertiary/aromatic N) is 1. The van der Waals surface area contributed by atoms with Crippen molar-refractivity contribution < 1.29 is 9.90 Å². The van der Waals surface area contributed by atoms with Gasteiger partial charge in [-0.1, -0.05) is 15.9 Å². The number of aliphatic hydroxyl groups is 1. The summed E-state index contributed by atoms with van der Waals surface area (Å²) in [6, 6.07) is 8.32. The van der Waals surface area contributed by atoms with E-state index in [1.54, 1.807) is 11.8 Å². The van der Waals surface area contributed by atoms with Crippen LogP contribution in [0.15, 0.2) is 33.6 Å². The van der Waals surface area contributed by atoms with Gasteiger partial charge in [0, 0.05) is 22.0 Å².